The normalized spacial score (nSPS) is 7.83. The number of hydrogen-bond acceptors (Lipinski definition) is 4. The van der Waals surface area contributed by atoms with Crippen molar-refractivity contribution in [2.75, 3.05) is 7.11 Å². The van der Waals surface area contributed by atoms with E-state index < -0.39 is 0 Å². The first-order valence-electron chi connectivity index (χ1n) is 2.92. The zero-order valence-corrected chi connectivity index (χ0v) is 8.19. The molecule has 0 fully saturated rings. The van der Waals surface area contributed by atoms with Gasteiger partial charge in [0.25, 0.3) is 0 Å². The SMILES string of the molecule is COc1nccnc1CN.Cl.Cl. The lowest BCUT2D eigenvalue weighted by Gasteiger charge is -2.01. The molecule has 1 aromatic rings. The van der Waals surface area contributed by atoms with Gasteiger partial charge in [-0.05, 0) is 0 Å². The Bertz CT molecular complexity index is 199. The minimum absolute atomic E-state index is 0. The summed E-state index contributed by atoms with van der Waals surface area (Å²) >= 11 is 0. The van der Waals surface area contributed by atoms with Crippen LogP contribution in [0.2, 0.25) is 0 Å². The second kappa shape index (κ2) is 7.09. The van der Waals surface area contributed by atoms with Crippen molar-refractivity contribution in [2.24, 2.45) is 5.73 Å². The minimum atomic E-state index is 0. The largest absolute Gasteiger partial charge is 0.480 e. The molecule has 12 heavy (non-hydrogen) atoms. The summed E-state index contributed by atoms with van der Waals surface area (Å²) < 4.78 is 4.88. The predicted molar refractivity (Wildman–Crippen MR) is 51.0 cm³/mol. The monoisotopic (exact) mass is 211 g/mol. The van der Waals surface area contributed by atoms with Crippen molar-refractivity contribution >= 4 is 24.8 Å². The zero-order valence-electron chi connectivity index (χ0n) is 6.56. The fourth-order valence-electron chi connectivity index (χ4n) is 0.665. The summed E-state index contributed by atoms with van der Waals surface area (Å²) in [4.78, 5) is 7.86. The highest BCUT2D eigenvalue weighted by Gasteiger charge is 1.99. The lowest BCUT2D eigenvalue weighted by molar-refractivity contribution is 0.389. The first kappa shape index (κ1) is 14.0. The van der Waals surface area contributed by atoms with Crippen LogP contribution in [0, 0.1) is 0 Å². The maximum atomic E-state index is 5.34. The lowest BCUT2D eigenvalue weighted by atomic mass is 10.4. The van der Waals surface area contributed by atoms with Gasteiger partial charge in [0.15, 0.2) is 0 Å². The number of methoxy groups -OCH3 is 1. The molecule has 0 saturated heterocycles. The third-order valence-electron chi connectivity index (χ3n) is 1.12. The highest BCUT2D eigenvalue weighted by molar-refractivity contribution is 5.85. The Morgan fingerprint density at radius 2 is 1.92 bits per heavy atom. The predicted octanol–water partition coefficient (Wildman–Crippen LogP) is 0.787. The fraction of sp³-hybridized carbons (Fsp3) is 0.333. The van der Waals surface area contributed by atoms with E-state index in [0.717, 1.165) is 0 Å². The highest BCUT2D eigenvalue weighted by atomic mass is 35.5. The van der Waals surface area contributed by atoms with Crippen LogP contribution in [0.15, 0.2) is 12.4 Å². The van der Waals surface area contributed by atoms with Gasteiger partial charge >= 0.3 is 0 Å². The highest BCUT2D eigenvalue weighted by Crippen LogP contribution is 2.07. The third-order valence-corrected chi connectivity index (χ3v) is 1.12. The van der Waals surface area contributed by atoms with Gasteiger partial charge in [-0.3, -0.25) is 4.98 Å². The first-order valence-corrected chi connectivity index (χ1v) is 2.92. The van der Waals surface area contributed by atoms with Crippen LogP contribution >= 0.6 is 24.8 Å². The molecule has 70 valence electrons. The molecule has 0 saturated carbocycles. The Balaban J connectivity index is 0. The van der Waals surface area contributed by atoms with Crippen molar-refractivity contribution in [1.82, 2.24) is 9.97 Å². The van der Waals surface area contributed by atoms with Gasteiger partial charge in [-0.15, -0.1) is 24.8 Å². The Morgan fingerprint density at radius 3 is 2.33 bits per heavy atom. The van der Waals surface area contributed by atoms with Gasteiger partial charge < -0.3 is 10.5 Å². The molecule has 6 heteroatoms. The van der Waals surface area contributed by atoms with Crippen LogP contribution in [0.5, 0.6) is 5.88 Å². The van der Waals surface area contributed by atoms with E-state index in [1.165, 1.54) is 0 Å². The quantitative estimate of drug-likeness (QED) is 0.787. The number of nitrogens with two attached hydrogens (primary N) is 1. The summed E-state index contributed by atoms with van der Waals surface area (Å²) in [6.45, 7) is 0.358. The number of halogens is 2. The second-order valence-electron chi connectivity index (χ2n) is 1.72. The molecule has 0 radical (unpaired) electrons. The summed E-state index contributed by atoms with van der Waals surface area (Å²) in [5.41, 5.74) is 6.03. The number of aromatic nitrogens is 2. The molecular formula is C6H11Cl2N3O. The Kier molecular flexibility index (Phi) is 8.26. The van der Waals surface area contributed by atoms with Gasteiger partial charge in [0.05, 0.1) is 7.11 Å². The summed E-state index contributed by atoms with van der Waals surface area (Å²) in [5.74, 6) is 0.505. The van der Waals surface area contributed by atoms with E-state index in [1.807, 2.05) is 0 Å². The summed E-state index contributed by atoms with van der Waals surface area (Å²) in [5, 5.41) is 0. The van der Waals surface area contributed by atoms with Crippen LogP contribution in [0.3, 0.4) is 0 Å². The average Bonchev–Trinajstić information content (AvgIpc) is 2.04. The topological polar surface area (TPSA) is 61.0 Å². The number of nitrogens with zero attached hydrogens (tertiary/aromatic N) is 2. The molecule has 1 aromatic heterocycles. The zero-order chi connectivity index (χ0) is 7.40. The average molecular weight is 212 g/mol. The molecule has 0 unspecified atom stereocenters. The molecule has 0 atom stereocenters. The molecule has 1 heterocycles. The Morgan fingerprint density at radius 1 is 1.33 bits per heavy atom. The molecule has 0 aliphatic rings. The lowest BCUT2D eigenvalue weighted by Crippen LogP contribution is -2.03. The molecule has 0 bridgehead atoms. The van der Waals surface area contributed by atoms with Crippen LogP contribution in [-0.4, -0.2) is 17.1 Å². The smallest absolute Gasteiger partial charge is 0.236 e. The van der Waals surface area contributed by atoms with E-state index in [9.17, 15) is 0 Å². The minimum Gasteiger partial charge on any atom is -0.480 e. The van der Waals surface area contributed by atoms with Gasteiger partial charge in [-0.2, -0.15) is 0 Å². The van der Waals surface area contributed by atoms with E-state index in [4.69, 9.17) is 10.5 Å². The first-order chi connectivity index (χ1) is 4.88. The van der Waals surface area contributed by atoms with Crippen molar-refractivity contribution in [2.45, 2.75) is 6.54 Å². The number of rotatable bonds is 2. The van der Waals surface area contributed by atoms with Crippen LogP contribution in [0.4, 0.5) is 0 Å². The Labute approximate surface area is 83.4 Å². The second-order valence-corrected chi connectivity index (χ2v) is 1.72. The van der Waals surface area contributed by atoms with Gasteiger partial charge in [0, 0.05) is 18.9 Å². The Hall–Kier alpha value is -0.580. The molecule has 0 spiro atoms. The van der Waals surface area contributed by atoms with Gasteiger partial charge in [-0.25, -0.2) is 4.98 Å². The molecule has 4 nitrogen and oxygen atoms in total. The van der Waals surface area contributed by atoms with E-state index in [1.54, 1.807) is 19.5 Å². The van der Waals surface area contributed by atoms with Crippen molar-refractivity contribution < 1.29 is 4.74 Å². The van der Waals surface area contributed by atoms with Crippen LogP contribution < -0.4 is 10.5 Å². The third kappa shape index (κ3) is 3.21. The van der Waals surface area contributed by atoms with Crippen molar-refractivity contribution in [1.29, 1.82) is 0 Å². The molecule has 0 aliphatic heterocycles. The van der Waals surface area contributed by atoms with Crippen LogP contribution in [0.1, 0.15) is 5.69 Å². The molecular weight excluding hydrogens is 201 g/mol. The van der Waals surface area contributed by atoms with Crippen LogP contribution in [0.25, 0.3) is 0 Å². The van der Waals surface area contributed by atoms with E-state index in [0.29, 0.717) is 18.1 Å². The summed E-state index contributed by atoms with van der Waals surface area (Å²) in [6, 6.07) is 0. The van der Waals surface area contributed by atoms with Gasteiger partial charge in [0.1, 0.15) is 5.69 Å². The van der Waals surface area contributed by atoms with Gasteiger partial charge in [0.2, 0.25) is 5.88 Å². The van der Waals surface area contributed by atoms with Crippen molar-refractivity contribution in [3.63, 3.8) is 0 Å². The van der Waals surface area contributed by atoms with E-state index in [-0.39, 0.29) is 24.8 Å². The number of hydrogen-bond donors (Lipinski definition) is 1. The molecule has 0 amide bonds. The molecule has 0 aromatic carbocycles. The maximum Gasteiger partial charge on any atom is 0.236 e. The fourth-order valence-corrected chi connectivity index (χ4v) is 0.665. The van der Waals surface area contributed by atoms with Gasteiger partial charge in [-0.1, -0.05) is 0 Å². The standard InChI is InChI=1S/C6H9N3O.2ClH/c1-10-6-5(4-7)8-2-3-9-6;;/h2-3H,4,7H2,1H3;2*1H. The van der Waals surface area contributed by atoms with Crippen molar-refractivity contribution in [3.8, 4) is 5.88 Å². The van der Waals surface area contributed by atoms with Crippen LogP contribution in [-0.2, 0) is 6.54 Å². The molecule has 1 rings (SSSR count). The van der Waals surface area contributed by atoms with Crippen molar-refractivity contribution in [3.05, 3.63) is 18.1 Å². The van der Waals surface area contributed by atoms with E-state index >= 15 is 0 Å². The molecule has 2 N–H and O–H groups in total. The van der Waals surface area contributed by atoms with E-state index in [2.05, 4.69) is 9.97 Å². The summed E-state index contributed by atoms with van der Waals surface area (Å²) in [7, 11) is 1.54. The summed E-state index contributed by atoms with van der Waals surface area (Å²) in [6.07, 6.45) is 3.16. The maximum absolute atomic E-state index is 5.34. The number of ether oxygens (including phenoxy) is 1. The molecule has 0 aliphatic carbocycles.